The lowest BCUT2D eigenvalue weighted by Gasteiger charge is -2.20. The van der Waals surface area contributed by atoms with Crippen molar-refractivity contribution in [2.24, 2.45) is 0 Å². The molecule has 0 fully saturated rings. The third-order valence-corrected chi connectivity index (χ3v) is 4.70. The molecule has 0 aliphatic rings. The molecule has 0 atom stereocenters. The van der Waals surface area contributed by atoms with Crippen molar-refractivity contribution in [1.82, 2.24) is 0 Å². The zero-order valence-corrected chi connectivity index (χ0v) is 9.84. The normalized spacial score (nSPS) is 12.5. The number of carbonyl (C=O) groups is 1. The van der Waals surface area contributed by atoms with Gasteiger partial charge in [-0.1, -0.05) is 18.2 Å². The molecular formula is C11H14O3S. The van der Waals surface area contributed by atoms with Crippen LogP contribution in [0.3, 0.4) is 0 Å². The minimum absolute atomic E-state index is 0.104. The van der Waals surface area contributed by atoms with Gasteiger partial charge >= 0.3 is 0 Å². The van der Waals surface area contributed by atoms with Gasteiger partial charge in [-0.25, -0.2) is 8.42 Å². The Bertz CT molecular complexity index is 467. The standard InChI is InChI=1S/C11H14O3S/c1-11(2,3)15(13,14)10-7-5-4-6-9(10)8-12/h4-8H,1-3H3. The maximum atomic E-state index is 12.1. The number of sulfone groups is 1. The van der Waals surface area contributed by atoms with Crippen molar-refractivity contribution in [3.05, 3.63) is 29.8 Å². The molecule has 0 amide bonds. The minimum Gasteiger partial charge on any atom is -0.298 e. The molecule has 0 aliphatic heterocycles. The van der Waals surface area contributed by atoms with Gasteiger partial charge in [0, 0.05) is 5.56 Å². The van der Waals surface area contributed by atoms with E-state index in [-0.39, 0.29) is 10.5 Å². The van der Waals surface area contributed by atoms with Gasteiger partial charge in [-0.05, 0) is 26.8 Å². The Morgan fingerprint density at radius 3 is 2.13 bits per heavy atom. The van der Waals surface area contributed by atoms with Gasteiger partial charge in [-0.15, -0.1) is 0 Å². The largest absolute Gasteiger partial charge is 0.298 e. The fourth-order valence-corrected chi connectivity index (χ4v) is 2.50. The molecule has 15 heavy (non-hydrogen) atoms. The van der Waals surface area contributed by atoms with Gasteiger partial charge in [0.05, 0.1) is 9.64 Å². The zero-order valence-electron chi connectivity index (χ0n) is 9.02. The number of hydrogen-bond donors (Lipinski definition) is 0. The molecule has 0 aromatic heterocycles. The Balaban J connectivity index is 3.47. The van der Waals surface area contributed by atoms with Gasteiger partial charge in [0.1, 0.15) is 0 Å². The molecule has 1 rings (SSSR count). The maximum absolute atomic E-state index is 12.1. The van der Waals surface area contributed by atoms with Crippen LogP contribution in [-0.2, 0) is 9.84 Å². The predicted molar refractivity (Wildman–Crippen MR) is 58.8 cm³/mol. The molecule has 1 aromatic rings. The lowest BCUT2D eigenvalue weighted by molar-refractivity contribution is 0.112. The van der Waals surface area contributed by atoms with E-state index in [2.05, 4.69) is 0 Å². The molecule has 1 aromatic carbocycles. The van der Waals surface area contributed by atoms with Crippen molar-refractivity contribution in [2.45, 2.75) is 30.4 Å². The van der Waals surface area contributed by atoms with Crippen LogP contribution in [0, 0.1) is 0 Å². The molecule has 0 N–H and O–H groups in total. The summed E-state index contributed by atoms with van der Waals surface area (Å²) in [6.45, 7) is 4.84. The zero-order chi connectivity index (χ0) is 11.7. The second-order valence-corrected chi connectivity index (χ2v) is 6.94. The highest BCUT2D eigenvalue weighted by atomic mass is 32.2. The van der Waals surface area contributed by atoms with Gasteiger partial charge in [0.25, 0.3) is 0 Å². The third kappa shape index (κ3) is 2.09. The smallest absolute Gasteiger partial charge is 0.183 e. The highest BCUT2D eigenvalue weighted by molar-refractivity contribution is 7.92. The quantitative estimate of drug-likeness (QED) is 0.725. The van der Waals surface area contributed by atoms with Crippen molar-refractivity contribution in [3.63, 3.8) is 0 Å². The molecule has 0 aliphatic carbocycles. The van der Waals surface area contributed by atoms with Gasteiger partial charge in [0.2, 0.25) is 0 Å². The van der Waals surface area contributed by atoms with Crippen LogP contribution in [0.1, 0.15) is 31.1 Å². The van der Waals surface area contributed by atoms with E-state index in [1.54, 1.807) is 32.9 Å². The molecular weight excluding hydrogens is 212 g/mol. The molecule has 4 heteroatoms. The van der Waals surface area contributed by atoms with Gasteiger partial charge in [-0.3, -0.25) is 4.79 Å². The van der Waals surface area contributed by atoms with E-state index in [9.17, 15) is 13.2 Å². The van der Waals surface area contributed by atoms with Gasteiger partial charge < -0.3 is 0 Å². The summed E-state index contributed by atoms with van der Waals surface area (Å²) >= 11 is 0. The Morgan fingerprint density at radius 2 is 1.67 bits per heavy atom. The average Bonchev–Trinajstić information content (AvgIpc) is 2.16. The molecule has 0 radical (unpaired) electrons. The Labute approximate surface area is 90.0 Å². The molecule has 3 nitrogen and oxygen atoms in total. The fraction of sp³-hybridized carbons (Fsp3) is 0.364. The Morgan fingerprint density at radius 1 is 1.13 bits per heavy atom. The number of aldehydes is 1. The van der Waals surface area contributed by atoms with Crippen LogP contribution >= 0.6 is 0 Å². The maximum Gasteiger partial charge on any atom is 0.183 e. The monoisotopic (exact) mass is 226 g/mol. The number of benzene rings is 1. The van der Waals surface area contributed by atoms with E-state index in [4.69, 9.17) is 0 Å². The second-order valence-electron chi connectivity index (χ2n) is 4.27. The summed E-state index contributed by atoms with van der Waals surface area (Å²) in [6.07, 6.45) is 0.568. The predicted octanol–water partition coefficient (Wildman–Crippen LogP) is 2.07. The third-order valence-electron chi connectivity index (χ3n) is 2.14. The van der Waals surface area contributed by atoms with Crippen LogP contribution in [0.2, 0.25) is 0 Å². The first kappa shape index (κ1) is 11.9. The van der Waals surface area contributed by atoms with E-state index < -0.39 is 14.6 Å². The topological polar surface area (TPSA) is 51.2 Å². The number of rotatable bonds is 2. The molecule has 0 saturated carbocycles. The highest BCUT2D eigenvalue weighted by Crippen LogP contribution is 2.26. The van der Waals surface area contributed by atoms with Crippen molar-refractivity contribution in [3.8, 4) is 0 Å². The number of carbonyl (C=O) groups excluding carboxylic acids is 1. The van der Waals surface area contributed by atoms with Crippen LogP contribution in [0.5, 0.6) is 0 Å². The van der Waals surface area contributed by atoms with E-state index in [0.29, 0.717) is 6.29 Å². The van der Waals surface area contributed by atoms with Crippen LogP contribution in [0.25, 0.3) is 0 Å². The molecule has 0 saturated heterocycles. The first-order chi connectivity index (χ1) is 6.80. The highest BCUT2D eigenvalue weighted by Gasteiger charge is 2.32. The van der Waals surface area contributed by atoms with E-state index in [0.717, 1.165) is 0 Å². The van der Waals surface area contributed by atoms with Crippen molar-refractivity contribution in [2.75, 3.05) is 0 Å². The van der Waals surface area contributed by atoms with Crippen molar-refractivity contribution < 1.29 is 13.2 Å². The molecule has 0 bridgehead atoms. The van der Waals surface area contributed by atoms with E-state index in [1.165, 1.54) is 12.1 Å². The second kappa shape index (κ2) is 3.77. The first-order valence-electron chi connectivity index (χ1n) is 4.59. The van der Waals surface area contributed by atoms with Crippen LogP contribution in [0.4, 0.5) is 0 Å². The summed E-state index contributed by atoms with van der Waals surface area (Å²) in [6, 6.07) is 6.23. The van der Waals surface area contributed by atoms with Gasteiger partial charge in [0.15, 0.2) is 16.1 Å². The summed E-state index contributed by atoms with van der Waals surface area (Å²) in [4.78, 5) is 10.8. The Hall–Kier alpha value is -1.16. The first-order valence-corrected chi connectivity index (χ1v) is 6.08. The lowest BCUT2D eigenvalue weighted by Crippen LogP contribution is -2.28. The molecule has 0 heterocycles. The van der Waals surface area contributed by atoms with Crippen LogP contribution in [0.15, 0.2) is 29.2 Å². The summed E-state index contributed by atoms with van der Waals surface area (Å²) in [5, 5.41) is 0. The fourth-order valence-electron chi connectivity index (χ4n) is 1.15. The summed E-state index contributed by atoms with van der Waals surface area (Å²) in [5.74, 6) is 0. The van der Waals surface area contributed by atoms with Crippen molar-refractivity contribution in [1.29, 1.82) is 0 Å². The minimum atomic E-state index is -3.45. The molecule has 82 valence electrons. The SMILES string of the molecule is CC(C)(C)S(=O)(=O)c1ccccc1C=O. The van der Waals surface area contributed by atoms with E-state index in [1.807, 2.05) is 0 Å². The van der Waals surface area contributed by atoms with Crippen LogP contribution in [-0.4, -0.2) is 19.5 Å². The number of hydrogen-bond acceptors (Lipinski definition) is 3. The molecule has 0 spiro atoms. The van der Waals surface area contributed by atoms with Gasteiger partial charge in [-0.2, -0.15) is 0 Å². The lowest BCUT2D eigenvalue weighted by atomic mass is 10.2. The van der Waals surface area contributed by atoms with Crippen molar-refractivity contribution >= 4 is 16.1 Å². The summed E-state index contributed by atoms with van der Waals surface area (Å²) in [7, 11) is -3.45. The van der Waals surface area contributed by atoms with E-state index >= 15 is 0 Å². The van der Waals surface area contributed by atoms with Crippen LogP contribution < -0.4 is 0 Å². The summed E-state index contributed by atoms with van der Waals surface area (Å²) in [5.41, 5.74) is 0.215. The average molecular weight is 226 g/mol. The molecule has 0 unspecified atom stereocenters. The summed E-state index contributed by atoms with van der Waals surface area (Å²) < 4.78 is 23.3. The Kier molecular flexibility index (Phi) is 3.00.